The average Bonchev–Trinajstić information content (AvgIpc) is 3.70. The largest absolute Gasteiger partial charge is 0.482 e. The summed E-state index contributed by atoms with van der Waals surface area (Å²) >= 11 is 5.95. The number of benzene rings is 2. The number of oxazole rings is 1. The fraction of sp³-hybridized carbons (Fsp3) is 0.233. The summed E-state index contributed by atoms with van der Waals surface area (Å²) in [5.74, 6) is 1.33. The van der Waals surface area contributed by atoms with E-state index in [-0.39, 0.29) is 12.2 Å². The first-order valence-corrected chi connectivity index (χ1v) is 13.7. The number of hydrogen-bond acceptors (Lipinski definition) is 8. The standard InChI is InChI=1S/C30H26ClN7O4/c1-2-37-18-33-11-23(37)15-38-26-9-20(30(39)40)3-5-25(26)35-28(38)16-36-13-19(14-36)7-24-12-34-29(42-24)17-41-27-6-4-22(31)8-21(27)10-32/h3-9,11-12,18H,2,13-17H2,1H3,(H,39,40). The second-order valence-corrected chi connectivity index (χ2v) is 10.4. The number of carboxylic acids is 1. The molecular weight excluding hydrogens is 558 g/mol. The molecule has 1 saturated heterocycles. The van der Waals surface area contributed by atoms with Gasteiger partial charge in [0.25, 0.3) is 0 Å². The van der Waals surface area contributed by atoms with Crippen molar-refractivity contribution in [1.82, 2.24) is 29.0 Å². The number of nitrogens with zero attached hydrogens (tertiary/aromatic N) is 7. The van der Waals surface area contributed by atoms with Crippen molar-refractivity contribution < 1.29 is 19.1 Å². The Bertz CT molecular complexity index is 1850. The Morgan fingerprint density at radius 3 is 2.86 bits per heavy atom. The van der Waals surface area contributed by atoms with Gasteiger partial charge < -0.3 is 23.4 Å². The molecule has 4 heterocycles. The predicted octanol–water partition coefficient (Wildman–Crippen LogP) is 4.99. The summed E-state index contributed by atoms with van der Waals surface area (Å²) in [6.45, 7) is 5.54. The minimum absolute atomic E-state index is 0.0857. The maximum atomic E-state index is 11.6. The Morgan fingerprint density at radius 2 is 2.07 bits per heavy atom. The van der Waals surface area contributed by atoms with Crippen LogP contribution in [0.1, 0.15) is 46.0 Å². The van der Waals surface area contributed by atoms with E-state index in [1.54, 1.807) is 48.9 Å². The molecule has 0 saturated carbocycles. The van der Waals surface area contributed by atoms with Crippen molar-refractivity contribution in [1.29, 1.82) is 5.26 Å². The zero-order valence-electron chi connectivity index (χ0n) is 22.7. The van der Waals surface area contributed by atoms with Gasteiger partial charge in [0, 0.05) is 30.9 Å². The first-order valence-electron chi connectivity index (χ1n) is 13.3. The van der Waals surface area contributed by atoms with Gasteiger partial charge in [0.05, 0.1) is 53.5 Å². The van der Waals surface area contributed by atoms with Gasteiger partial charge in [-0.15, -0.1) is 0 Å². The molecule has 0 unspecified atom stereocenters. The Morgan fingerprint density at radius 1 is 1.21 bits per heavy atom. The van der Waals surface area contributed by atoms with Crippen LogP contribution >= 0.6 is 11.6 Å². The third-order valence-electron chi connectivity index (χ3n) is 7.08. The number of aryl methyl sites for hydroxylation is 1. The molecule has 1 aliphatic rings. The molecule has 3 aromatic heterocycles. The topological polar surface area (TPSA) is 135 Å². The third-order valence-corrected chi connectivity index (χ3v) is 7.32. The fourth-order valence-electron chi connectivity index (χ4n) is 4.97. The molecule has 12 heteroatoms. The summed E-state index contributed by atoms with van der Waals surface area (Å²) in [5, 5.41) is 19.3. The quantitative estimate of drug-likeness (QED) is 0.241. The normalized spacial score (nSPS) is 13.2. The van der Waals surface area contributed by atoms with Gasteiger partial charge in [0.1, 0.15) is 23.4 Å². The number of carbonyl (C=O) groups is 1. The highest BCUT2D eigenvalue weighted by Gasteiger charge is 2.24. The van der Waals surface area contributed by atoms with Gasteiger partial charge in [0.15, 0.2) is 6.61 Å². The van der Waals surface area contributed by atoms with Crippen molar-refractivity contribution in [3.63, 3.8) is 0 Å². The number of carboxylic acid groups (broad SMARTS) is 1. The van der Waals surface area contributed by atoms with E-state index >= 15 is 0 Å². The summed E-state index contributed by atoms with van der Waals surface area (Å²) in [6, 6.07) is 11.9. The number of hydrogen-bond donors (Lipinski definition) is 1. The van der Waals surface area contributed by atoms with Crippen LogP contribution in [-0.4, -0.2) is 53.2 Å². The zero-order chi connectivity index (χ0) is 29.2. The van der Waals surface area contributed by atoms with Crippen LogP contribution in [0, 0.1) is 11.3 Å². The Labute approximate surface area is 245 Å². The summed E-state index contributed by atoms with van der Waals surface area (Å²) in [7, 11) is 0. The summed E-state index contributed by atoms with van der Waals surface area (Å²) in [4.78, 5) is 27.3. The number of imidazole rings is 2. The molecule has 0 spiro atoms. The lowest BCUT2D eigenvalue weighted by Crippen LogP contribution is -2.39. The van der Waals surface area contributed by atoms with Gasteiger partial charge in [0.2, 0.25) is 5.89 Å². The lowest BCUT2D eigenvalue weighted by molar-refractivity contribution is 0.0697. The first-order chi connectivity index (χ1) is 20.4. The number of fused-ring (bicyclic) bond motifs is 1. The lowest BCUT2D eigenvalue weighted by atomic mass is 10.1. The monoisotopic (exact) mass is 583 g/mol. The number of aromatic carboxylic acids is 1. The molecule has 1 N–H and O–H groups in total. The van der Waals surface area contributed by atoms with E-state index in [0.29, 0.717) is 41.1 Å². The van der Waals surface area contributed by atoms with Crippen molar-refractivity contribution in [2.24, 2.45) is 0 Å². The number of likely N-dealkylation sites (tertiary alicyclic amines) is 1. The minimum atomic E-state index is -0.971. The van der Waals surface area contributed by atoms with Gasteiger partial charge in [-0.05, 0) is 55.0 Å². The molecule has 0 radical (unpaired) electrons. The number of rotatable bonds is 10. The van der Waals surface area contributed by atoms with Crippen LogP contribution in [0.2, 0.25) is 5.02 Å². The molecule has 212 valence electrons. The Kier molecular flexibility index (Phi) is 7.48. The summed E-state index contributed by atoms with van der Waals surface area (Å²) in [6.07, 6.45) is 7.25. The average molecular weight is 584 g/mol. The second kappa shape index (κ2) is 11.5. The van der Waals surface area contributed by atoms with Gasteiger partial charge in [-0.3, -0.25) is 4.90 Å². The van der Waals surface area contributed by atoms with E-state index in [0.717, 1.165) is 42.2 Å². The third kappa shape index (κ3) is 5.63. The molecule has 1 aliphatic heterocycles. The van der Waals surface area contributed by atoms with Crippen LogP contribution in [0.4, 0.5) is 0 Å². The molecule has 0 bridgehead atoms. The molecule has 0 aliphatic carbocycles. The number of ether oxygens (including phenoxy) is 1. The molecule has 0 amide bonds. The molecule has 1 fully saturated rings. The molecular formula is C30H26ClN7O4. The van der Waals surface area contributed by atoms with E-state index in [1.807, 2.05) is 12.3 Å². The molecule has 5 aromatic rings. The van der Waals surface area contributed by atoms with Crippen LogP contribution in [0.5, 0.6) is 5.75 Å². The van der Waals surface area contributed by atoms with Gasteiger partial charge in [-0.2, -0.15) is 5.26 Å². The van der Waals surface area contributed by atoms with Crippen LogP contribution in [-0.2, 0) is 26.2 Å². The van der Waals surface area contributed by atoms with Crippen molar-refractivity contribution >= 4 is 34.7 Å². The van der Waals surface area contributed by atoms with Crippen molar-refractivity contribution in [3.05, 3.63) is 100 Å². The van der Waals surface area contributed by atoms with Crippen LogP contribution in [0.25, 0.3) is 17.1 Å². The molecule has 11 nitrogen and oxygen atoms in total. The van der Waals surface area contributed by atoms with Crippen LogP contribution in [0.15, 0.2) is 65.1 Å². The highest BCUT2D eigenvalue weighted by molar-refractivity contribution is 6.30. The molecule has 0 atom stereocenters. The van der Waals surface area contributed by atoms with E-state index in [2.05, 4.69) is 37.0 Å². The lowest BCUT2D eigenvalue weighted by Gasteiger charge is -2.33. The Balaban J connectivity index is 1.13. The maximum absolute atomic E-state index is 11.6. The molecule has 6 rings (SSSR count). The number of nitriles is 1. The minimum Gasteiger partial charge on any atom is -0.482 e. The van der Waals surface area contributed by atoms with E-state index < -0.39 is 5.97 Å². The predicted molar refractivity (Wildman–Crippen MR) is 154 cm³/mol. The summed E-state index contributed by atoms with van der Waals surface area (Å²) < 4.78 is 15.7. The molecule has 2 aromatic carbocycles. The van der Waals surface area contributed by atoms with E-state index in [4.69, 9.17) is 25.7 Å². The highest BCUT2D eigenvalue weighted by atomic mass is 35.5. The van der Waals surface area contributed by atoms with Crippen molar-refractivity contribution in [2.45, 2.75) is 33.2 Å². The van der Waals surface area contributed by atoms with E-state index in [1.165, 1.54) is 5.57 Å². The van der Waals surface area contributed by atoms with Crippen molar-refractivity contribution in [2.75, 3.05) is 13.1 Å². The Hall–Kier alpha value is -4.92. The van der Waals surface area contributed by atoms with Gasteiger partial charge >= 0.3 is 5.97 Å². The van der Waals surface area contributed by atoms with Crippen molar-refractivity contribution in [3.8, 4) is 11.8 Å². The van der Waals surface area contributed by atoms with E-state index in [9.17, 15) is 15.2 Å². The maximum Gasteiger partial charge on any atom is 0.335 e. The number of halogens is 1. The van der Waals surface area contributed by atoms with Crippen LogP contribution < -0.4 is 4.74 Å². The SMILES string of the molecule is CCn1cncc1Cn1c(CN2CC(=Cc3cnc(COc4ccc(Cl)cc4C#N)o3)C2)nc2ccc(C(=O)O)cc21. The smallest absolute Gasteiger partial charge is 0.335 e. The second-order valence-electron chi connectivity index (χ2n) is 9.94. The highest BCUT2D eigenvalue weighted by Crippen LogP contribution is 2.26. The van der Waals surface area contributed by atoms with Crippen LogP contribution in [0.3, 0.4) is 0 Å². The summed E-state index contributed by atoms with van der Waals surface area (Å²) in [5.41, 5.74) is 4.31. The number of aromatic nitrogens is 5. The first kappa shape index (κ1) is 27.3. The van der Waals surface area contributed by atoms with Gasteiger partial charge in [-0.1, -0.05) is 11.6 Å². The van der Waals surface area contributed by atoms with Gasteiger partial charge in [-0.25, -0.2) is 19.7 Å². The fourth-order valence-corrected chi connectivity index (χ4v) is 5.15. The zero-order valence-corrected chi connectivity index (χ0v) is 23.5. The molecule has 42 heavy (non-hydrogen) atoms.